The molecule has 0 aliphatic rings. The van der Waals surface area contributed by atoms with Crippen molar-refractivity contribution in [2.24, 2.45) is 0 Å². The smallest absolute Gasteiger partial charge is 0.348 e. The van der Waals surface area contributed by atoms with Gasteiger partial charge in [-0.3, -0.25) is 0 Å². The van der Waals surface area contributed by atoms with Crippen molar-refractivity contribution in [2.75, 3.05) is 21.2 Å². The summed E-state index contributed by atoms with van der Waals surface area (Å²) in [6, 6.07) is 7.46. The number of carbonyl (C=O) groups excluding carboxylic acids is 1. The van der Waals surface area contributed by atoms with Crippen LogP contribution >= 0.6 is 11.3 Å². The van der Waals surface area contributed by atoms with E-state index in [1.807, 2.05) is 24.3 Å². The van der Waals surface area contributed by atoms with Gasteiger partial charge < -0.3 is 4.74 Å². The fourth-order valence-electron chi connectivity index (χ4n) is 1.82. The molecule has 0 atom stereocenters. The van der Waals surface area contributed by atoms with Crippen molar-refractivity contribution < 1.29 is 17.9 Å². The number of thiophene rings is 1. The van der Waals surface area contributed by atoms with E-state index < -0.39 is 16.2 Å². The van der Waals surface area contributed by atoms with Crippen LogP contribution < -0.4 is 4.72 Å². The van der Waals surface area contributed by atoms with Gasteiger partial charge in [0.15, 0.2) is 0 Å². The monoisotopic (exact) mass is 328 g/mol. The van der Waals surface area contributed by atoms with E-state index >= 15 is 0 Å². The van der Waals surface area contributed by atoms with Gasteiger partial charge in [-0.1, -0.05) is 18.2 Å². The molecule has 0 aliphatic heterocycles. The molecule has 0 aliphatic carbocycles. The molecule has 0 fully saturated rings. The molecule has 1 heterocycles. The van der Waals surface area contributed by atoms with Gasteiger partial charge in [0.1, 0.15) is 4.88 Å². The molecular weight excluding hydrogens is 312 g/mol. The third-order valence-electron chi connectivity index (χ3n) is 2.98. The number of methoxy groups -OCH3 is 1. The number of benzene rings is 1. The molecule has 0 saturated heterocycles. The lowest BCUT2D eigenvalue weighted by atomic mass is 10.1. The lowest BCUT2D eigenvalue weighted by molar-refractivity contribution is 0.0605. The van der Waals surface area contributed by atoms with Crippen LogP contribution in [-0.4, -0.2) is 39.9 Å². The maximum atomic E-state index is 11.9. The van der Waals surface area contributed by atoms with E-state index in [2.05, 4.69) is 4.72 Å². The SMILES string of the molecule is COC(=O)c1sc2ccccc2c1CNS(=O)(=O)N(C)C. The summed E-state index contributed by atoms with van der Waals surface area (Å²) in [5, 5.41) is 0.851. The molecule has 1 aromatic heterocycles. The largest absolute Gasteiger partial charge is 0.465 e. The Morgan fingerprint density at radius 1 is 1.33 bits per heavy atom. The molecule has 0 radical (unpaired) electrons. The molecule has 0 spiro atoms. The first-order valence-electron chi connectivity index (χ1n) is 6.12. The van der Waals surface area contributed by atoms with Crippen molar-refractivity contribution in [3.8, 4) is 0 Å². The number of rotatable bonds is 5. The van der Waals surface area contributed by atoms with E-state index in [-0.39, 0.29) is 6.54 Å². The first kappa shape index (κ1) is 15.9. The summed E-state index contributed by atoms with van der Waals surface area (Å²) in [5.74, 6) is -0.463. The second-order valence-corrected chi connectivity index (χ2v) is 7.53. The first-order chi connectivity index (χ1) is 9.86. The molecule has 1 aromatic carbocycles. The van der Waals surface area contributed by atoms with Gasteiger partial charge in [0.25, 0.3) is 10.2 Å². The second-order valence-electron chi connectivity index (χ2n) is 4.51. The van der Waals surface area contributed by atoms with Gasteiger partial charge in [-0.15, -0.1) is 11.3 Å². The van der Waals surface area contributed by atoms with Crippen LogP contribution in [0.4, 0.5) is 0 Å². The Hall–Kier alpha value is -1.48. The average molecular weight is 328 g/mol. The van der Waals surface area contributed by atoms with Crippen molar-refractivity contribution >= 4 is 37.6 Å². The summed E-state index contributed by atoms with van der Waals surface area (Å²) in [6.45, 7) is 0.0367. The number of esters is 1. The van der Waals surface area contributed by atoms with Crippen LogP contribution in [0.2, 0.25) is 0 Å². The topological polar surface area (TPSA) is 75.7 Å². The van der Waals surface area contributed by atoms with Gasteiger partial charge >= 0.3 is 5.97 Å². The van der Waals surface area contributed by atoms with Crippen LogP contribution in [0.15, 0.2) is 24.3 Å². The highest BCUT2D eigenvalue weighted by Gasteiger charge is 2.21. The van der Waals surface area contributed by atoms with E-state index in [1.165, 1.54) is 32.5 Å². The number of hydrogen-bond acceptors (Lipinski definition) is 5. The summed E-state index contributed by atoms with van der Waals surface area (Å²) in [5.41, 5.74) is 0.632. The lowest BCUT2D eigenvalue weighted by Crippen LogP contribution is -2.35. The van der Waals surface area contributed by atoms with Crippen LogP contribution in [0.1, 0.15) is 15.2 Å². The van der Waals surface area contributed by atoms with Gasteiger partial charge in [-0.25, -0.2) is 4.79 Å². The maximum absolute atomic E-state index is 11.9. The number of fused-ring (bicyclic) bond motifs is 1. The van der Waals surface area contributed by atoms with Crippen molar-refractivity contribution in [3.63, 3.8) is 0 Å². The number of ether oxygens (including phenoxy) is 1. The van der Waals surface area contributed by atoms with Crippen LogP contribution in [-0.2, 0) is 21.5 Å². The van der Waals surface area contributed by atoms with E-state index in [4.69, 9.17) is 4.74 Å². The van der Waals surface area contributed by atoms with E-state index in [9.17, 15) is 13.2 Å². The zero-order valence-electron chi connectivity index (χ0n) is 11.9. The average Bonchev–Trinajstić information content (AvgIpc) is 2.83. The van der Waals surface area contributed by atoms with Gasteiger partial charge in [0.2, 0.25) is 0 Å². The molecule has 6 nitrogen and oxygen atoms in total. The highest BCUT2D eigenvalue weighted by atomic mass is 32.2. The Morgan fingerprint density at radius 3 is 2.62 bits per heavy atom. The van der Waals surface area contributed by atoms with Gasteiger partial charge in [0.05, 0.1) is 7.11 Å². The fourth-order valence-corrected chi connectivity index (χ4v) is 3.55. The van der Waals surface area contributed by atoms with E-state index in [0.717, 1.165) is 14.4 Å². The quantitative estimate of drug-likeness (QED) is 0.846. The van der Waals surface area contributed by atoms with Gasteiger partial charge in [0, 0.05) is 30.9 Å². The first-order valence-corrected chi connectivity index (χ1v) is 8.38. The van der Waals surface area contributed by atoms with Crippen LogP contribution in [0.5, 0.6) is 0 Å². The predicted octanol–water partition coefficient (Wildman–Crippen LogP) is 1.58. The molecule has 2 rings (SSSR count). The Labute approximate surface area is 127 Å². The molecule has 0 saturated carbocycles. The molecule has 21 heavy (non-hydrogen) atoms. The Balaban J connectivity index is 2.44. The number of nitrogens with one attached hydrogen (secondary N) is 1. The van der Waals surface area contributed by atoms with Crippen LogP contribution in [0, 0.1) is 0 Å². The van der Waals surface area contributed by atoms with Crippen molar-refractivity contribution in [1.82, 2.24) is 9.03 Å². The van der Waals surface area contributed by atoms with Crippen molar-refractivity contribution in [1.29, 1.82) is 0 Å². The Kier molecular flexibility index (Phi) is 4.62. The van der Waals surface area contributed by atoms with Gasteiger partial charge in [-0.05, 0) is 11.5 Å². The number of carbonyl (C=O) groups is 1. The molecule has 0 unspecified atom stereocenters. The molecule has 1 N–H and O–H groups in total. The fraction of sp³-hybridized carbons (Fsp3) is 0.308. The third-order valence-corrected chi connectivity index (χ3v) is 5.64. The minimum atomic E-state index is -3.56. The second kappa shape index (κ2) is 6.10. The number of nitrogens with zero attached hydrogens (tertiary/aromatic N) is 1. The predicted molar refractivity (Wildman–Crippen MR) is 82.6 cm³/mol. The third kappa shape index (κ3) is 3.24. The molecule has 0 amide bonds. The lowest BCUT2D eigenvalue weighted by Gasteiger charge is -2.12. The minimum Gasteiger partial charge on any atom is -0.465 e. The van der Waals surface area contributed by atoms with Crippen molar-refractivity contribution in [2.45, 2.75) is 6.54 Å². The molecule has 8 heteroatoms. The summed E-state index contributed by atoms with van der Waals surface area (Å²) in [6.07, 6.45) is 0. The van der Waals surface area contributed by atoms with E-state index in [1.54, 1.807) is 0 Å². The molecular formula is C13H16N2O4S2. The minimum absolute atomic E-state index is 0.0367. The normalized spacial score (nSPS) is 12.0. The highest BCUT2D eigenvalue weighted by Crippen LogP contribution is 2.31. The van der Waals surface area contributed by atoms with E-state index in [0.29, 0.717) is 10.4 Å². The number of hydrogen-bond donors (Lipinski definition) is 1. The highest BCUT2D eigenvalue weighted by molar-refractivity contribution is 7.87. The Morgan fingerprint density at radius 2 is 2.00 bits per heavy atom. The van der Waals surface area contributed by atoms with Crippen LogP contribution in [0.25, 0.3) is 10.1 Å². The molecule has 114 valence electrons. The Bertz CT molecular complexity index is 766. The standard InChI is InChI=1S/C13H16N2O4S2/c1-15(2)21(17,18)14-8-10-9-6-4-5-7-11(9)20-12(10)13(16)19-3/h4-7,14H,8H2,1-3H3. The molecule has 2 aromatic rings. The van der Waals surface area contributed by atoms with Crippen LogP contribution in [0.3, 0.4) is 0 Å². The zero-order valence-corrected chi connectivity index (χ0v) is 13.5. The summed E-state index contributed by atoms with van der Waals surface area (Å²) < 4.78 is 32.9. The maximum Gasteiger partial charge on any atom is 0.348 e. The summed E-state index contributed by atoms with van der Waals surface area (Å²) >= 11 is 1.29. The molecule has 0 bridgehead atoms. The summed E-state index contributed by atoms with van der Waals surface area (Å²) in [4.78, 5) is 12.3. The summed E-state index contributed by atoms with van der Waals surface area (Å²) in [7, 11) is 0.629. The zero-order chi connectivity index (χ0) is 15.6. The van der Waals surface area contributed by atoms with Gasteiger partial charge in [-0.2, -0.15) is 17.4 Å². The van der Waals surface area contributed by atoms with Crippen molar-refractivity contribution in [3.05, 3.63) is 34.7 Å².